The maximum atomic E-state index is 3.08. The summed E-state index contributed by atoms with van der Waals surface area (Å²) in [5, 5.41) is 0. The van der Waals surface area contributed by atoms with Crippen LogP contribution in [-0.4, -0.2) is 0 Å². The molecule has 0 aromatic heterocycles. The lowest BCUT2D eigenvalue weighted by molar-refractivity contribution is 0.742. The summed E-state index contributed by atoms with van der Waals surface area (Å²) in [6.07, 6.45) is 7.36. The van der Waals surface area contributed by atoms with Crippen LogP contribution in [-0.2, 0) is 0 Å². The lowest BCUT2D eigenvalue weighted by Gasteiger charge is -2.08. The van der Waals surface area contributed by atoms with E-state index in [1.807, 2.05) is 0 Å². The maximum Gasteiger partial charge on any atom is 0.0906 e. The molecule has 0 bridgehead atoms. The predicted octanol–water partition coefficient (Wildman–Crippen LogP) is 0.593. The summed E-state index contributed by atoms with van der Waals surface area (Å²) in [5.74, 6) is 0.468. The molecule has 1 fully saturated rings. The van der Waals surface area contributed by atoms with Gasteiger partial charge in [-0.25, -0.2) is 5.43 Å². The van der Waals surface area contributed by atoms with Crippen LogP contribution >= 0.6 is 0 Å². The molecule has 0 aromatic carbocycles. The van der Waals surface area contributed by atoms with Gasteiger partial charge >= 0.3 is 0 Å². The Labute approximate surface area is 54.6 Å². The minimum Gasteiger partial charge on any atom is -0.325 e. The van der Waals surface area contributed by atoms with Gasteiger partial charge in [-0.05, 0) is 12.5 Å². The smallest absolute Gasteiger partial charge is 0.0906 e. The molecule has 2 nitrogen and oxygen atoms in total. The van der Waals surface area contributed by atoms with Gasteiger partial charge in [-0.15, -0.1) is 0 Å². The Hall–Kier alpha value is -0.760. The number of rotatable bonds is 0. The molecule has 2 rings (SSSR count). The van der Waals surface area contributed by atoms with E-state index in [4.69, 9.17) is 0 Å². The van der Waals surface area contributed by atoms with Crippen molar-refractivity contribution in [2.75, 3.05) is 0 Å². The molecule has 1 saturated heterocycles. The van der Waals surface area contributed by atoms with Gasteiger partial charge in [0, 0.05) is 11.6 Å². The number of hydrazine groups is 1. The summed E-state index contributed by atoms with van der Waals surface area (Å²) in [6.45, 7) is 3.08. The molecule has 1 heterocycles. The zero-order chi connectivity index (χ0) is 6.10. The van der Waals surface area contributed by atoms with Crippen LogP contribution in [0.3, 0.4) is 0 Å². The largest absolute Gasteiger partial charge is 0.325 e. The van der Waals surface area contributed by atoms with Gasteiger partial charge in [0.25, 0.3) is 0 Å². The van der Waals surface area contributed by atoms with E-state index in [1.54, 1.807) is 0 Å². The average molecular weight is 120 g/mol. The first kappa shape index (κ1) is 5.06. The van der Waals surface area contributed by atoms with Crippen LogP contribution in [0.1, 0.15) is 6.42 Å². The molecule has 2 radical (unpaired) electrons. The SMILES string of the molecule is [C]1NNC2=CC=CCC12. The van der Waals surface area contributed by atoms with Crippen LogP contribution in [0.4, 0.5) is 0 Å². The molecule has 0 amide bonds. The van der Waals surface area contributed by atoms with Crippen LogP contribution in [0.25, 0.3) is 0 Å². The van der Waals surface area contributed by atoms with Gasteiger partial charge < -0.3 is 5.43 Å². The molecule has 0 aromatic rings. The van der Waals surface area contributed by atoms with Crippen LogP contribution in [0.5, 0.6) is 0 Å². The monoisotopic (exact) mass is 120 g/mol. The van der Waals surface area contributed by atoms with E-state index >= 15 is 0 Å². The van der Waals surface area contributed by atoms with Crippen molar-refractivity contribution >= 4 is 0 Å². The Balaban J connectivity index is 2.23. The van der Waals surface area contributed by atoms with E-state index in [2.05, 4.69) is 35.6 Å². The molecule has 2 heteroatoms. The zero-order valence-electron chi connectivity index (χ0n) is 5.02. The molecule has 9 heavy (non-hydrogen) atoms. The number of allylic oxidation sites excluding steroid dienone is 3. The fourth-order valence-corrected chi connectivity index (χ4v) is 1.09. The van der Waals surface area contributed by atoms with Crippen molar-refractivity contribution in [3.05, 3.63) is 30.5 Å². The van der Waals surface area contributed by atoms with Crippen LogP contribution in [0, 0.1) is 12.5 Å². The second-order valence-electron chi connectivity index (χ2n) is 2.23. The van der Waals surface area contributed by atoms with Gasteiger partial charge in [-0.3, -0.25) is 0 Å². The molecule has 46 valence electrons. The molecule has 2 N–H and O–H groups in total. The molecule has 1 atom stereocenters. The predicted molar refractivity (Wildman–Crippen MR) is 34.8 cm³/mol. The van der Waals surface area contributed by atoms with Gasteiger partial charge in [0.05, 0.1) is 6.54 Å². The fourth-order valence-electron chi connectivity index (χ4n) is 1.09. The summed E-state index contributed by atoms with van der Waals surface area (Å²) in [6, 6.07) is 0. The van der Waals surface area contributed by atoms with E-state index in [-0.39, 0.29) is 0 Å². The Morgan fingerprint density at radius 3 is 3.56 bits per heavy atom. The highest BCUT2D eigenvalue weighted by Crippen LogP contribution is 2.22. The summed E-state index contributed by atoms with van der Waals surface area (Å²) < 4.78 is 0. The van der Waals surface area contributed by atoms with Gasteiger partial charge in [-0.2, -0.15) is 0 Å². The second kappa shape index (κ2) is 1.88. The van der Waals surface area contributed by atoms with Crippen molar-refractivity contribution in [3.63, 3.8) is 0 Å². The Morgan fingerprint density at radius 2 is 2.67 bits per heavy atom. The Bertz CT molecular complexity index is 170. The first-order valence-corrected chi connectivity index (χ1v) is 3.10. The number of nitrogens with one attached hydrogen (secondary N) is 2. The summed E-state index contributed by atoms with van der Waals surface area (Å²) >= 11 is 0. The lowest BCUT2D eigenvalue weighted by atomic mass is 9.99. The van der Waals surface area contributed by atoms with E-state index in [0.717, 1.165) is 6.42 Å². The van der Waals surface area contributed by atoms with E-state index < -0.39 is 0 Å². The van der Waals surface area contributed by atoms with Crippen molar-refractivity contribution in [2.45, 2.75) is 6.42 Å². The van der Waals surface area contributed by atoms with Gasteiger partial charge in [0.2, 0.25) is 0 Å². The topological polar surface area (TPSA) is 24.1 Å². The Morgan fingerprint density at radius 1 is 1.67 bits per heavy atom. The first-order chi connectivity index (χ1) is 4.47. The minimum absolute atomic E-state index is 0.468. The maximum absolute atomic E-state index is 3.08. The highest BCUT2D eigenvalue weighted by Gasteiger charge is 2.20. The number of hydrogen-bond donors (Lipinski definition) is 2. The molecule has 1 aliphatic carbocycles. The molecule has 2 aliphatic rings. The van der Waals surface area contributed by atoms with Crippen molar-refractivity contribution < 1.29 is 0 Å². The van der Waals surface area contributed by atoms with Crippen LogP contribution < -0.4 is 10.9 Å². The minimum atomic E-state index is 0.468. The van der Waals surface area contributed by atoms with Gasteiger partial charge in [-0.1, -0.05) is 12.2 Å². The van der Waals surface area contributed by atoms with Crippen molar-refractivity contribution in [2.24, 2.45) is 5.92 Å². The molecule has 0 saturated carbocycles. The van der Waals surface area contributed by atoms with Gasteiger partial charge in [0.1, 0.15) is 0 Å². The molecule has 0 spiro atoms. The van der Waals surface area contributed by atoms with E-state index in [0.29, 0.717) is 5.92 Å². The second-order valence-corrected chi connectivity index (χ2v) is 2.23. The lowest BCUT2D eigenvalue weighted by Crippen LogP contribution is -2.18. The third kappa shape index (κ3) is 0.754. The van der Waals surface area contributed by atoms with Gasteiger partial charge in [0.15, 0.2) is 0 Å². The van der Waals surface area contributed by atoms with E-state index in [9.17, 15) is 0 Å². The quantitative estimate of drug-likeness (QED) is 0.489. The third-order valence-corrected chi connectivity index (χ3v) is 1.61. The summed E-state index contributed by atoms with van der Waals surface area (Å²) in [5.41, 5.74) is 7.10. The van der Waals surface area contributed by atoms with Crippen LogP contribution in [0.2, 0.25) is 0 Å². The number of fused-ring (bicyclic) bond motifs is 1. The standard InChI is InChI=1S/C7H8N2/c1-2-4-7-6(3-1)5-8-9-7/h1-2,4,6,8-9H,3H2. The molecular formula is C7H8N2. The van der Waals surface area contributed by atoms with Crippen LogP contribution in [0.15, 0.2) is 23.9 Å². The molecule has 1 unspecified atom stereocenters. The van der Waals surface area contributed by atoms with E-state index in [1.165, 1.54) is 5.70 Å². The highest BCUT2D eigenvalue weighted by molar-refractivity contribution is 5.24. The average Bonchev–Trinajstić information content (AvgIpc) is 2.33. The zero-order valence-corrected chi connectivity index (χ0v) is 5.02. The van der Waals surface area contributed by atoms with Crippen molar-refractivity contribution in [1.29, 1.82) is 0 Å². The number of hydrogen-bond acceptors (Lipinski definition) is 2. The first-order valence-electron chi connectivity index (χ1n) is 3.10. The summed E-state index contributed by atoms with van der Waals surface area (Å²) in [7, 11) is 0. The molecule has 1 aliphatic heterocycles. The third-order valence-electron chi connectivity index (χ3n) is 1.61. The fraction of sp³-hybridized carbons (Fsp3) is 0.286. The molecular weight excluding hydrogens is 112 g/mol. The van der Waals surface area contributed by atoms with Crippen molar-refractivity contribution in [3.8, 4) is 0 Å². The highest BCUT2D eigenvalue weighted by atomic mass is 15.4. The normalized spacial score (nSPS) is 31.1. The van der Waals surface area contributed by atoms with Crippen molar-refractivity contribution in [1.82, 2.24) is 10.9 Å². The Kier molecular flexibility index (Phi) is 1.06. The summed E-state index contributed by atoms with van der Waals surface area (Å²) in [4.78, 5) is 0.